The van der Waals surface area contributed by atoms with Crippen LogP contribution in [0.1, 0.15) is 19.8 Å². The Balaban J connectivity index is 2.17. The first-order chi connectivity index (χ1) is 8.40. The van der Waals surface area contributed by atoms with E-state index in [4.69, 9.17) is 14.6 Å². The largest absolute Gasteiger partial charge is 0.481 e. The molecule has 1 saturated carbocycles. The predicted molar refractivity (Wildman–Crippen MR) is 58.4 cm³/mol. The van der Waals surface area contributed by atoms with Crippen LogP contribution in [0.15, 0.2) is 12.2 Å². The van der Waals surface area contributed by atoms with Crippen molar-refractivity contribution in [2.75, 3.05) is 0 Å². The van der Waals surface area contributed by atoms with Crippen molar-refractivity contribution >= 4 is 17.9 Å². The van der Waals surface area contributed by atoms with Gasteiger partial charge in [0.15, 0.2) is 6.10 Å². The van der Waals surface area contributed by atoms with Gasteiger partial charge < -0.3 is 14.6 Å². The van der Waals surface area contributed by atoms with Gasteiger partial charge in [-0.05, 0) is 13.3 Å². The highest BCUT2D eigenvalue weighted by molar-refractivity contribution is 5.87. The van der Waals surface area contributed by atoms with Crippen molar-refractivity contribution in [2.45, 2.75) is 32.0 Å². The van der Waals surface area contributed by atoms with E-state index in [1.807, 2.05) is 0 Å². The summed E-state index contributed by atoms with van der Waals surface area (Å²) in [6.07, 6.45) is -1.17. The molecule has 0 radical (unpaired) electrons. The van der Waals surface area contributed by atoms with Gasteiger partial charge >= 0.3 is 17.9 Å². The van der Waals surface area contributed by atoms with Crippen LogP contribution in [0.4, 0.5) is 0 Å². The molecule has 98 valence electrons. The number of carboxylic acid groups (broad SMARTS) is 1. The van der Waals surface area contributed by atoms with Gasteiger partial charge in [-0.15, -0.1) is 0 Å². The van der Waals surface area contributed by atoms with Crippen LogP contribution in [0.2, 0.25) is 0 Å². The number of rotatable bonds is 3. The van der Waals surface area contributed by atoms with E-state index < -0.39 is 36.0 Å². The fourth-order valence-corrected chi connectivity index (χ4v) is 2.48. The highest BCUT2D eigenvalue weighted by atomic mass is 16.6. The highest BCUT2D eigenvalue weighted by Gasteiger charge is 2.54. The van der Waals surface area contributed by atoms with Gasteiger partial charge in [-0.2, -0.15) is 0 Å². The lowest BCUT2D eigenvalue weighted by Gasteiger charge is -2.29. The number of esters is 2. The second kappa shape index (κ2) is 4.44. The van der Waals surface area contributed by atoms with E-state index in [0.717, 1.165) is 0 Å². The Morgan fingerprint density at radius 1 is 1.50 bits per heavy atom. The Morgan fingerprint density at radius 3 is 2.72 bits per heavy atom. The van der Waals surface area contributed by atoms with E-state index >= 15 is 0 Å². The second-order valence-electron chi connectivity index (χ2n) is 4.75. The van der Waals surface area contributed by atoms with Gasteiger partial charge in [-0.3, -0.25) is 9.59 Å². The van der Waals surface area contributed by atoms with E-state index in [1.165, 1.54) is 6.92 Å². The molecule has 0 spiro atoms. The molecule has 0 amide bonds. The summed E-state index contributed by atoms with van der Waals surface area (Å²) >= 11 is 0. The van der Waals surface area contributed by atoms with Crippen LogP contribution in [0.5, 0.6) is 0 Å². The third kappa shape index (κ3) is 2.10. The molecule has 6 heteroatoms. The first-order valence-electron chi connectivity index (χ1n) is 5.69. The Kier molecular flexibility index (Phi) is 3.11. The average Bonchev–Trinajstić information content (AvgIpc) is 2.49. The number of carbonyl (C=O) groups excluding carboxylic acids is 2. The SMILES string of the molecule is C=C(C)C(=O)OC1C2CC(=O)OC1C(C(=O)O)C2. The minimum absolute atomic E-state index is 0.0917. The summed E-state index contributed by atoms with van der Waals surface area (Å²) in [5.41, 5.74) is 0.234. The number of hydrogen-bond donors (Lipinski definition) is 1. The molecule has 1 aliphatic heterocycles. The topological polar surface area (TPSA) is 89.9 Å². The van der Waals surface area contributed by atoms with Crippen LogP contribution in [0.3, 0.4) is 0 Å². The second-order valence-corrected chi connectivity index (χ2v) is 4.75. The number of hydrogen-bond acceptors (Lipinski definition) is 5. The summed E-state index contributed by atoms with van der Waals surface area (Å²) in [4.78, 5) is 33.8. The van der Waals surface area contributed by atoms with Crippen molar-refractivity contribution in [3.05, 3.63) is 12.2 Å². The Hall–Kier alpha value is -1.85. The summed E-state index contributed by atoms with van der Waals surface area (Å²) < 4.78 is 10.2. The number of carbonyl (C=O) groups is 3. The minimum Gasteiger partial charge on any atom is -0.481 e. The molecule has 4 unspecified atom stereocenters. The number of aliphatic carboxylic acids is 1. The normalized spacial score (nSPS) is 33.7. The molecule has 6 nitrogen and oxygen atoms in total. The van der Waals surface area contributed by atoms with Gasteiger partial charge in [0.05, 0.1) is 12.3 Å². The average molecular weight is 254 g/mol. The molecule has 2 aliphatic rings. The number of carboxylic acids is 1. The van der Waals surface area contributed by atoms with Crippen LogP contribution < -0.4 is 0 Å². The van der Waals surface area contributed by atoms with Gasteiger partial charge in [0.25, 0.3) is 0 Å². The molecule has 0 aromatic rings. The molecular weight excluding hydrogens is 240 g/mol. The molecule has 18 heavy (non-hydrogen) atoms. The maximum absolute atomic E-state index is 11.5. The molecule has 0 aromatic heterocycles. The zero-order valence-corrected chi connectivity index (χ0v) is 9.92. The number of fused-ring (bicyclic) bond motifs is 2. The molecule has 0 aromatic carbocycles. The summed E-state index contributed by atoms with van der Waals surface area (Å²) in [5.74, 6) is -3.13. The molecule has 1 aliphatic carbocycles. The molecular formula is C12H14O6. The standard InChI is InChI=1S/C12H14O6/c1-5(2)12(16)18-9-6-3-7(11(14)15)10(9)17-8(13)4-6/h6-7,9-10H,1,3-4H2,2H3,(H,14,15). The monoisotopic (exact) mass is 254 g/mol. The zero-order chi connectivity index (χ0) is 13.4. The van der Waals surface area contributed by atoms with Crippen molar-refractivity contribution in [3.8, 4) is 0 Å². The maximum atomic E-state index is 11.5. The summed E-state index contributed by atoms with van der Waals surface area (Å²) in [5, 5.41) is 9.06. The molecule has 2 bridgehead atoms. The predicted octanol–water partition coefficient (Wildman–Crippen LogP) is 0.510. The first kappa shape index (κ1) is 12.6. The van der Waals surface area contributed by atoms with Crippen LogP contribution in [-0.2, 0) is 23.9 Å². The van der Waals surface area contributed by atoms with E-state index in [2.05, 4.69) is 6.58 Å². The third-order valence-electron chi connectivity index (χ3n) is 3.35. The Labute approximate surface area is 104 Å². The molecule has 1 heterocycles. The molecule has 2 fully saturated rings. The zero-order valence-electron chi connectivity index (χ0n) is 9.92. The summed E-state index contributed by atoms with van der Waals surface area (Å²) in [7, 11) is 0. The quantitative estimate of drug-likeness (QED) is 0.583. The lowest BCUT2D eigenvalue weighted by molar-refractivity contribution is -0.179. The van der Waals surface area contributed by atoms with Crippen LogP contribution in [0, 0.1) is 11.8 Å². The van der Waals surface area contributed by atoms with Gasteiger partial charge in [0, 0.05) is 11.5 Å². The van der Waals surface area contributed by atoms with Crippen LogP contribution >= 0.6 is 0 Å². The van der Waals surface area contributed by atoms with Crippen molar-refractivity contribution < 1.29 is 29.0 Å². The van der Waals surface area contributed by atoms with Crippen molar-refractivity contribution in [1.29, 1.82) is 0 Å². The fraction of sp³-hybridized carbons (Fsp3) is 0.583. The van der Waals surface area contributed by atoms with E-state index in [0.29, 0.717) is 6.42 Å². The Bertz CT molecular complexity index is 426. The van der Waals surface area contributed by atoms with E-state index in [9.17, 15) is 14.4 Å². The van der Waals surface area contributed by atoms with Gasteiger partial charge in [-0.1, -0.05) is 6.58 Å². The number of ether oxygens (including phenoxy) is 2. The third-order valence-corrected chi connectivity index (χ3v) is 3.35. The van der Waals surface area contributed by atoms with Crippen molar-refractivity contribution in [1.82, 2.24) is 0 Å². The molecule has 1 saturated heterocycles. The maximum Gasteiger partial charge on any atom is 0.333 e. The van der Waals surface area contributed by atoms with Crippen molar-refractivity contribution in [3.63, 3.8) is 0 Å². The molecule has 1 N–H and O–H groups in total. The van der Waals surface area contributed by atoms with Gasteiger partial charge in [0.1, 0.15) is 6.10 Å². The Morgan fingerprint density at radius 2 is 2.17 bits per heavy atom. The van der Waals surface area contributed by atoms with E-state index in [-0.39, 0.29) is 17.9 Å². The lowest BCUT2D eigenvalue weighted by Crippen LogP contribution is -2.43. The summed E-state index contributed by atoms with van der Waals surface area (Å²) in [6.45, 7) is 4.97. The first-order valence-corrected chi connectivity index (χ1v) is 5.69. The van der Waals surface area contributed by atoms with Gasteiger partial charge in [-0.25, -0.2) is 4.79 Å². The summed E-state index contributed by atoms with van der Waals surface area (Å²) in [6, 6.07) is 0. The van der Waals surface area contributed by atoms with Gasteiger partial charge in [0.2, 0.25) is 0 Å². The molecule has 2 rings (SSSR count). The van der Waals surface area contributed by atoms with E-state index in [1.54, 1.807) is 0 Å². The minimum atomic E-state index is -1.03. The van der Waals surface area contributed by atoms with Crippen molar-refractivity contribution in [2.24, 2.45) is 11.8 Å². The smallest absolute Gasteiger partial charge is 0.333 e. The fourth-order valence-electron chi connectivity index (χ4n) is 2.48. The van der Waals surface area contributed by atoms with Crippen LogP contribution in [0.25, 0.3) is 0 Å². The van der Waals surface area contributed by atoms with Crippen LogP contribution in [-0.4, -0.2) is 35.2 Å². The lowest BCUT2D eigenvalue weighted by atomic mass is 9.99. The highest BCUT2D eigenvalue weighted by Crippen LogP contribution is 2.42. The molecule has 4 atom stereocenters.